The highest BCUT2D eigenvalue weighted by Crippen LogP contribution is 2.32. The smallest absolute Gasteiger partial charge is 0.0644 e. The summed E-state index contributed by atoms with van der Waals surface area (Å²) in [5, 5.41) is 8.24. The van der Waals surface area contributed by atoms with Gasteiger partial charge in [0.2, 0.25) is 0 Å². The van der Waals surface area contributed by atoms with Crippen molar-refractivity contribution in [2.75, 3.05) is 19.8 Å². The van der Waals surface area contributed by atoms with Crippen LogP contribution in [0, 0.1) is 19.8 Å². The van der Waals surface area contributed by atoms with Crippen LogP contribution in [0.4, 0.5) is 0 Å². The minimum Gasteiger partial charge on any atom is -0.381 e. The minimum absolute atomic E-state index is 0.390. The van der Waals surface area contributed by atoms with Gasteiger partial charge in [-0.1, -0.05) is 6.92 Å². The molecule has 2 unspecified atom stereocenters. The van der Waals surface area contributed by atoms with Crippen LogP contribution >= 0.6 is 0 Å². The maximum Gasteiger partial charge on any atom is 0.0644 e. The summed E-state index contributed by atoms with van der Waals surface area (Å²) in [4.78, 5) is 0. The number of nitrogens with one attached hydrogen (secondary N) is 1. The highest BCUT2D eigenvalue weighted by atomic mass is 16.5. The lowest BCUT2D eigenvalue weighted by Gasteiger charge is -2.24. The summed E-state index contributed by atoms with van der Waals surface area (Å²) in [6.07, 6.45) is 2.30. The number of rotatable bonds is 5. The summed E-state index contributed by atoms with van der Waals surface area (Å²) in [6.45, 7) is 9.29. The molecular weight excluding hydrogens is 226 g/mol. The number of aromatic nitrogens is 2. The Morgan fingerprint density at radius 1 is 1.50 bits per heavy atom. The van der Waals surface area contributed by atoms with Crippen molar-refractivity contribution < 1.29 is 4.74 Å². The molecule has 0 aliphatic carbocycles. The fourth-order valence-electron chi connectivity index (χ4n) is 2.86. The lowest BCUT2D eigenvalue weighted by molar-refractivity contribution is 0.176. The molecule has 1 aromatic heterocycles. The molecule has 1 aliphatic rings. The van der Waals surface area contributed by atoms with Gasteiger partial charge in [0.25, 0.3) is 0 Å². The van der Waals surface area contributed by atoms with Gasteiger partial charge in [-0.25, -0.2) is 0 Å². The third-order valence-corrected chi connectivity index (χ3v) is 3.93. The molecule has 2 heterocycles. The monoisotopic (exact) mass is 251 g/mol. The third-order valence-electron chi connectivity index (χ3n) is 3.93. The van der Waals surface area contributed by atoms with Gasteiger partial charge in [-0.3, -0.25) is 4.68 Å². The van der Waals surface area contributed by atoms with Crippen LogP contribution in [-0.4, -0.2) is 29.5 Å². The van der Waals surface area contributed by atoms with Crippen LogP contribution in [0.1, 0.15) is 42.8 Å². The molecular formula is C14H25N3O. The standard InChI is InChI=1S/C14H25N3O/c1-5-7-15-14(12-6-8-18-9-12)13-10(2)16-17(4)11(13)3/h12,14-15H,5-9H2,1-4H3. The van der Waals surface area contributed by atoms with Crippen LogP contribution in [0.25, 0.3) is 0 Å². The molecule has 0 radical (unpaired) electrons. The Bertz CT molecular complexity index is 394. The normalized spacial score (nSPS) is 21.4. The molecule has 1 aliphatic heterocycles. The van der Waals surface area contributed by atoms with Gasteiger partial charge < -0.3 is 10.1 Å². The first-order valence-electron chi connectivity index (χ1n) is 6.96. The van der Waals surface area contributed by atoms with E-state index in [2.05, 4.69) is 31.2 Å². The molecule has 0 amide bonds. The SMILES string of the molecule is CCCNC(c1c(C)nn(C)c1C)C1CCOC1. The molecule has 2 rings (SSSR count). The fourth-order valence-corrected chi connectivity index (χ4v) is 2.86. The first-order valence-corrected chi connectivity index (χ1v) is 6.96. The van der Waals surface area contributed by atoms with E-state index in [1.165, 1.54) is 11.3 Å². The van der Waals surface area contributed by atoms with Gasteiger partial charge in [0.1, 0.15) is 0 Å². The van der Waals surface area contributed by atoms with Crippen LogP contribution in [0.2, 0.25) is 0 Å². The average Bonchev–Trinajstić information content (AvgIpc) is 2.93. The van der Waals surface area contributed by atoms with E-state index in [9.17, 15) is 0 Å². The summed E-state index contributed by atoms with van der Waals surface area (Å²) < 4.78 is 7.55. The molecule has 0 aromatic carbocycles. The Hall–Kier alpha value is -0.870. The lowest BCUT2D eigenvalue weighted by Crippen LogP contribution is -2.30. The van der Waals surface area contributed by atoms with Crippen molar-refractivity contribution in [2.24, 2.45) is 13.0 Å². The van der Waals surface area contributed by atoms with Gasteiger partial charge in [0, 0.05) is 36.9 Å². The van der Waals surface area contributed by atoms with Crippen molar-refractivity contribution in [1.29, 1.82) is 0 Å². The topological polar surface area (TPSA) is 39.1 Å². The Labute approximate surface area is 110 Å². The van der Waals surface area contributed by atoms with E-state index < -0.39 is 0 Å². The lowest BCUT2D eigenvalue weighted by atomic mass is 9.91. The summed E-state index contributed by atoms with van der Waals surface area (Å²) >= 11 is 0. The predicted octanol–water partition coefficient (Wildman–Crippen LogP) is 2.11. The first kappa shape index (κ1) is 13.6. The number of nitrogens with zero attached hydrogens (tertiary/aromatic N) is 2. The van der Waals surface area contributed by atoms with E-state index >= 15 is 0 Å². The minimum atomic E-state index is 0.390. The Balaban J connectivity index is 2.26. The van der Waals surface area contributed by atoms with Crippen LogP contribution < -0.4 is 5.32 Å². The van der Waals surface area contributed by atoms with E-state index in [1.54, 1.807) is 0 Å². The van der Waals surface area contributed by atoms with Crippen molar-refractivity contribution in [1.82, 2.24) is 15.1 Å². The van der Waals surface area contributed by atoms with Crippen LogP contribution in [0.15, 0.2) is 0 Å². The molecule has 0 saturated carbocycles. The van der Waals surface area contributed by atoms with E-state index in [0.717, 1.165) is 38.3 Å². The van der Waals surface area contributed by atoms with Crippen LogP contribution in [-0.2, 0) is 11.8 Å². The van der Waals surface area contributed by atoms with Gasteiger partial charge in [-0.05, 0) is 33.2 Å². The summed E-state index contributed by atoms with van der Waals surface area (Å²) in [6, 6.07) is 0.390. The largest absolute Gasteiger partial charge is 0.381 e. The molecule has 1 saturated heterocycles. The zero-order valence-corrected chi connectivity index (χ0v) is 12.0. The van der Waals surface area contributed by atoms with E-state index in [1.807, 2.05) is 11.7 Å². The van der Waals surface area contributed by atoms with Gasteiger partial charge >= 0.3 is 0 Å². The first-order chi connectivity index (χ1) is 8.65. The quantitative estimate of drug-likeness (QED) is 0.871. The zero-order valence-electron chi connectivity index (χ0n) is 12.0. The highest BCUT2D eigenvalue weighted by molar-refractivity contribution is 5.29. The second-order valence-electron chi connectivity index (χ2n) is 5.26. The molecule has 18 heavy (non-hydrogen) atoms. The fraction of sp³-hybridized carbons (Fsp3) is 0.786. The molecule has 2 atom stereocenters. The van der Waals surface area contributed by atoms with E-state index in [0.29, 0.717) is 12.0 Å². The molecule has 102 valence electrons. The highest BCUT2D eigenvalue weighted by Gasteiger charge is 2.30. The molecule has 1 fully saturated rings. The van der Waals surface area contributed by atoms with Crippen molar-refractivity contribution in [2.45, 2.75) is 39.7 Å². The molecule has 4 heteroatoms. The molecule has 4 nitrogen and oxygen atoms in total. The Kier molecular flexibility index (Phi) is 4.40. The van der Waals surface area contributed by atoms with Crippen molar-refractivity contribution in [3.05, 3.63) is 17.0 Å². The van der Waals surface area contributed by atoms with Gasteiger partial charge in [-0.15, -0.1) is 0 Å². The van der Waals surface area contributed by atoms with Crippen molar-refractivity contribution in [3.63, 3.8) is 0 Å². The van der Waals surface area contributed by atoms with Gasteiger partial charge in [0.15, 0.2) is 0 Å². The number of hydrogen-bond acceptors (Lipinski definition) is 3. The van der Waals surface area contributed by atoms with E-state index in [4.69, 9.17) is 4.74 Å². The van der Waals surface area contributed by atoms with Crippen LogP contribution in [0.5, 0.6) is 0 Å². The number of aryl methyl sites for hydroxylation is 2. The second-order valence-corrected chi connectivity index (χ2v) is 5.26. The third kappa shape index (κ3) is 2.59. The van der Waals surface area contributed by atoms with Crippen molar-refractivity contribution >= 4 is 0 Å². The molecule has 1 N–H and O–H groups in total. The zero-order chi connectivity index (χ0) is 13.1. The second kappa shape index (κ2) is 5.85. The summed E-state index contributed by atoms with van der Waals surface area (Å²) in [7, 11) is 2.02. The number of hydrogen-bond donors (Lipinski definition) is 1. The maximum absolute atomic E-state index is 5.56. The maximum atomic E-state index is 5.56. The van der Waals surface area contributed by atoms with Gasteiger partial charge in [0.05, 0.1) is 12.3 Å². The molecule has 1 aromatic rings. The van der Waals surface area contributed by atoms with E-state index in [-0.39, 0.29) is 0 Å². The number of ether oxygens (including phenoxy) is 1. The van der Waals surface area contributed by atoms with Crippen molar-refractivity contribution in [3.8, 4) is 0 Å². The predicted molar refractivity (Wildman–Crippen MR) is 72.6 cm³/mol. The Morgan fingerprint density at radius 2 is 2.28 bits per heavy atom. The Morgan fingerprint density at radius 3 is 2.78 bits per heavy atom. The summed E-state index contributed by atoms with van der Waals surface area (Å²) in [5.41, 5.74) is 3.80. The average molecular weight is 251 g/mol. The molecule has 0 spiro atoms. The summed E-state index contributed by atoms with van der Waals surface area (Å²) in [5.74, 6) is 0.582. The molecule has 0 bridgehead atoms. The van der Waals surface area contributed by atoms with Crippen LogP contribution in [0.3, 0.4) is 0 Å². The van der Waals surface area contributed by atoms with Gasteiger partial charge in [-0.2, -0.15) is 5.10 Å².